The number of carbonyl (C=O) groups is 3. The Balaban J connectivity index is 2.11. The van der Waals surface area contributed by atoms with E-state index in [2.05, 4.69) is 10.6 Å². The third kappa shape index (κ3) is 6.02. The Hall–Kier alpha value is -3.46. The molecule has 0 aliphatic rings. The number of rotatable bonds is 8. The molecule has 1 atom stereocenters. The normalized spacial score (nSPS) is 11.3. The number of para-hydroxylation sites is 1. The molecule has 2 N–H and O–H groups in total. The monoisotopic (exact) mass is 433 g/mol. The van der Waals surface area contributed by atoms with E-state index in [-0.39, 0.29) is 33.6 Å². The molecule has 2 aromatic carbocycles. The fraction of sp³-hybridized carbons (Fsp3) is 0.250. The van der Waals surface area contributed by atoms with Crippen molar-refractivity contribution in [3.63, 3.8) is 0 Å². The molecule has 0 aliphatic carbocycles. The molecular formula is C20H20ClN3O6. The number of hydrogen-bond acceptors (Lipinski definition) is 6. The third-order valence-corrected chi connectivity index (χ3v) is 4.47. The van der Waals surface area contributed by atoms with Gasteiger partial charge in [-0.25, -0.2) is 4.79 Å². The van der Waals surface area contributed by atoms with Crippen molar-refractivity contribution < 1.29 is 24.0 Å². The lowest BCUT2D eigenvalue weighted by Crippen LogP contribution is -2.35. The number of halogens is 1. The van der Waals surface area contributed by atoms with Gasteiger partial charge in [0.1, 0.15) is 0 Å². The Morgan fingerprint density at radius 2 is 1.87 bits per heavy atom. The Morgan fingerprint density at radius 3 is 2.50 bits per heavy atom. The second-order valence-corrected chi connectivity index (χ2v) is 6.78. The number of benzene rings is 2. The van der Waals surface area contributed by atoms with E-state index in [1.807, 2.05) is 13.8 Å². The van der Waals surface area contributed by atoms with Crippen molar-refractivity contribution in [1.29, 1.82) is 0 Å². The molecule has 0 saturated heterocycles. The average molecular weight is 434 g/mol. The maximum atomic E-state index is 12.5. The summed E-state index contributed by atoms with van der Waals surface area (Å²) in [6.45, 7) is 3.28. The average Bonchev–Trinajstić information content (AvgIpc) is 2.71. The van der Waals surface area contributed by atoms with Crippen LogP contribution in [0.5, 0.6) is 0 Å². The summed E-state index contributed by atoms with van der Waals surface area (Å²) in [6, 6.07) is 9.47. The molecule has 9 nitrogen and oxygen atoms in total. The maximum Gasteiger partial charge on any atom is 0.340 e. The molecule has 0 heterocycles. The molecule has 2 aromatic rings. The van der Waals surface area contributed by atoms with Crippen molar-refractivity contribution in [2.24, 2.45) is 0 Å². The van der Waals surface area contributed by atoms with Gasteiger partial charge < -0.3 is 15.4 Å². The van der Waals surface area contributed by atoms with Gasteiger partial charge in [0.2, 0.25) is 0 Å². The molecule has 0 aliphatic heterocycles. The van der Waals surface area contributed by atoms with Crippen LogP contribution in [0.4, 0.5) is 11.4 Å². The minimum Gasteiger partial charge on any atom is -0.452 e. The van der Waals surface area contributed by atoms with Crippen molar-refractivity contribution in [2.45, 2.75) is 26.3 Å². The Labute approximate surface area is 177 Å². The summed E-state index contributed by atoms with van der Waals surface area (Å²) >= 11 is 5.97. The van der Waals surface area contributed by atoms with E-state index in [0.29, 0.717) is 0 Å². The second-order valence-electron chi connectivity index (χ2n) is 6.37. The van der Waals surface area contributed by atoms with Crippen molar-refractivity contribution in [2.75, 3.05) is 11.9 Å². The van der Waals surface area contributed by atoms with Gasteiger partial charge in [0, 0.05) is 18.2 Å². The number of esters is 1. The lowest BCUT2D eigenvalue weighted by Gasteiger charge is -2.13. The van der Waals surface area contributed by atoms with Crippen LogP contribution in [-0.2, 0) is 9.53 Å². The van der Waals surface area contributed by atoms with Gasteiger partial charge in [0.25, 0.3) is 17.5 Å². The van der Waals surface area contributed by atoms with Crippen LogP contribution < -0.4 is 10.6 Å². The van der Waals surface area contributed by atoms with Crippen LogP contribution in [0.3, 0.4) is 0 Å². The molecule has 2 amide bonds. The third-order valence-electron chi connectivity index (χ3n) is 4.16. The number of amides is 2. The van der Waals surface area contributed by atoms with Crippen LogP contribution in [0.1, 0.15) is 41.0 Å². The number of nitro groups is 1. The summed E-state index contributed by atoms with van der Waals surface area (Å²) in [5, 5.41) is 15.9. The molecular weight excluding hydrogens is 414 g/mol. The highest BCUT2D eigenvalue weighted by molar-refractivity contribution is 6.34. The van der Waals surface area contributed by atoms with Crippen LogP contribution in [0.2, 0.25) is 5.02 Å². The van der Waals surface area contributed by atoms with Gasteiger partial charge in [-0.3, -0.25) is 19.7 Å². The zero-order valence-electron chi connectivity index (χ0n) is 16.3. The maximum absolute atomic E-state index is 12.5. The van der Waals surface area contributed by atoms with E-state index in [1.165, 1.54) is 18.2 Å². The number of non-ortho nitro benzene ring substituents is 1. The molecule has 0 fully saturated rings. The van der Waals surface area contributed by atoms with Crippen molar-refractivity contribution in [3.05, 3.63) is 68.7 Å². The molecule has 1 unspecified atom stereocenters. The molecule has 0 bridgehead atoms. The van der Waals surface area contributed by atoms with E-state index < -0.39 is 29.3 Å². The number of anilines is 1. The van der Waals surface area contributed by atoms with E-state index in [0.717, 1.165) is 18.6 Å². The molecule has 0 spiro atoms. The summed E-state index contributed by atoms with van der Waals surface area (Å²) in [5.41, 5.74) is -0.0703. The summed E-state index contributed by atoms with van der Waals surface area (Å²) in [5.74, 6) is -1.89. The molecule has 0 saturated carbocycles. The summed E-state index contributed by atoms with van der Waals surface area (Å²) in [7, 11) is 0. The van der Waals surface area contributed by atoms with Gasteiger partial charge in [-0.2, -0.15) is 0 Å². The Kier molecular flexibility index (Phi) is 7.88. The van der Waals surface area contributed by atoms with E-state index in [1.54, 1.807) is 12.1 Å². The highest BCUT2D eigenvalue weighted by Crippen LogP contribution is 2.24. The highest BCUT2D eigenvalue weighted by Gasteiger charge is 2.19. The molecule has 158 valence electrons. The van der Waals surface area contributed by atoms with Crippen LogP contribution in [0.25, 0.3) is 0 Å². The predicted octanol–water partition coefficient (Wildman–Crippen LogP) is 3.57. The van der Waals surface area contributed by atoms with E-state index >= 15 is 0 Å². The van der Waals surface area contributed by atoms with E-state index in [9.17, 15) is 24.5 Å². The minimum atomic E-state index is -0.792. The Morgan fingerprint density at radius 1 is 1.17 bits per heavy atom. The number of nitrogens with zero attached hydrogens (tertiary/aromatic N) is 1. The van der Waals surface area contributed by atoms with Gasteiger partial charge in [0.05, 0.1) is 26.8 Å². The molecule has 2 rings (SSSR count). The molecule has 10 heteroatoms. The van der Waals surface area contributed by atoms with Gasteiger partial charge in [-0.15, -0.1) is 0 Å². The molecule has 30 heavy (non-hydrogen) atoms. The first kappa shape index (κ1) is 22.8. The van der Waals surface area contributed by atoms with Crippen LogP contribution in [0, 0.1) is 10.1 Å². The predicted molar refractivity (Wildman–Crippen MR) is 111 cm³/mol. The first-order chi connectivity index (χ1) is 14.2. The fourth-order valence-electron chi connectivity index (χ4n) is 2.39. The quantitative estimate of drug-likeness (QED) is 0.372. The van der Waals surface area contributed by atoms with Crippen molar-refractivity contribution in [3.8, 4) is 0 Å². The smallest absolute Gasteiger partial charge is 0.340 e. The SMILES string of the molecule is CCC(C)NC(=O)COC(=O)c1ccccc1NC(=O)c1ccc([N+](=O)[O-])cc1Cl. The molecule has 0 radical (unpaired) electrons. The minimum absolute atomic E-state index is 0.00151. The van der Waals surface area contributed by atoms with E-state index in [4.69, 9.17) is 16.3 Å². The summed E-state index contributed by atoms with van der Waals surface area (Å²) in [4.78, 5) is 46.9. The number of nitro benzene ring substituents is 1. The number of carbonyl (C=O) groups excluding carboxylic acids is 3. The summed E-state index contributed by atoms with van der Waals surface area (Å²) in [6.07, 6.45) is 0.736. The largest absolute Gasteiger partial charge is 0.452 e. The van der Waals surface area contributed by atoms with Crippen LogP contribution >= 0.6 is 11.6 Å². The second kappa shape index (κ2) is 10.4. The topological polar surface area (TPSA) is 128 Å². The van der Waals surface area contributed by atoms with Crippen molar-refractivity contribution >= 4 is 40.8 Å². The number of hydrogen-bond donors (Lipinski definition) is 2. The van der Waals surface area contributed by atoms with Crippen molar-refractivity contribution in [1.82, 2.24) is 5.32 Å². The number of ether oxygens (including phenoxy) is 1. The van der Waals surface area contributed by atoms with Gasteiger partial charge >= 0.3 is 5.97 Å². The number of nitrogens with one attached hydrogen (secondary N) is 2. The molecule has 0 aromatic heterocycles. The lowest BCUT2D eigenvalue weighted by atomic mass is 10.1. The Bertz CT molecular complexity index is 979. The van der Waals surface area contributed by atoms with Gasteiger partial charge in [-0.1, -0.05) is 30.7 Å². The zero-order valence-corrected chi connectivity index (χ0v) is 17.1. The highest BCUT2D eigenvalue weighted by atomic mass is 35.5. The zero-order chi connectivity index (χ0) is 22.3. The van der Waals surface area contributed by atoms with Gasteiger partial charge in [0.15, 0.2) is 6.61 Å². The first-order valence-electron chi connectivity index (χ1n) is 9.03. The summed E-state index contributed by atoms with van der Waals surface area (Å²) < 4.78 is 5.03. The van der Waals surface area contributed by atoms with Crippen LogP contribution in [-0.4, -0.2) is 35.4 Å². The fourth-order valence-corrected chi connectivity index (χ4v) is 2.65. The van der Waals surface area contributed by atoms with Crippen LogP contribution in [0.15, 0.2) is 42.5 Å². The first-order valence-corrected chi connectivity index (χ1v) is 9.41. The standard InChI is InChI=1S/C20H20ClN3O6/c1-3-12(2)22-18(25)11-30-20(27)15-6-4-5-7-17(15)23-19(26)14-9-8-13(24(28)29)10-16(14)21/h4-10,12H,3,11H2,1-2H3,(H,22,25)(H,23,26). The van der Waals surface area contributed by atoms with Gasteiger partial charge in [-0.05, 0) is 31.5 Å². The lowest BCUT2D eigenvalue weighted by molar-refractivity contribution is -0.384.